The van der Waals surface area contributed by atoms with Gasteiger partial charge >= 0.3 is 0 Å². The summed E-state index contributed by atoms with van der Waals surface area (Å²) in [4.78, 5) is 24.5. The molecule has 0 aromatic heterocycles. The number of benzene rings is 2. The first-order chi connectivity index (χ1) is 13.7. The standard InChI is InChI=1S/C21H27N3O4S/c1-5-24(6-2)29(27,28)19-12-10-17(11-13-19)22-21(26)16-8-7-9-18(14-16)23-20(25)15(3)4/h7-15H,5-6H2,1-4H3,(H,22,26)(H,23,25). The number of amides is 2. The zero-order valence-electron chi connectivity index (χ0n) is 17.1. The molecule has 2 N–H and O–H groups in total. The Kier molecular flexibility index (Phi) is 7.53. The fourth-order valence-corrected chi connectivity index (χ4v) is 4.11. The molecule has 0 bridgehead atoms. The van der Waals surface area contributed by atoms with Gasteiger partial charge in [-0.05, 0) is 42.5 Å². The largest absolute Gasteiger partial charge is 0.326 e. The van der Waals surface area contributed by atoms with Gasteiger partial charge in [0.2, 0.25) is 15.9 Å². The number of carbonyl (C=O) groups excluding carboxylic acids is 2. The molecular formula is C21H27N3O4S. The second-order valence-electron chi connectivity index (χ2n) is 6.79. The molecule has 156 valence electrons. The van der Waals surface area contributed by atoms with Gasteiger partial charge in [0.05, 0.1) is 4.90 Å². The molecule has 0 aliphatic rings. The molecule has 0 aliphatic carbocycles. The average Bonchev–Trinajstić information content (AvgIpc) is 2.69. The van der Waals surface area contributed by atoms with E-state index in [9.17, 15) is 18.0 Å². The molecule has 0 atom stereocenters. The van der Waals surface area contributed by atoms with Crippen molar-refractivity contribution in [3.63, 3.8) is 0 Å². The van der Waals surface area contributed by atoms with Crippen LogP contribution in [0.25, 0.3) is 0 Å². The van der Waals surface area contributed by atoms with Crippen LogP contribution >= 0.6 is 0 Å². The maximum Gasteiger partial charge on any atom is 0.255 e. The highest BCUT2D eigenvalue weighted by Crippen LogP contribution is 2.19. The number of carbonyl (C=O) groups is 2. The number of hydrogen-bond donors (Lipinski definition) is 2. The van der Waals surface area contributed by atoms with Crippen molar-refractivity contribution in [1.29, 1.82) is 0 Å². The maximum atomic E-state index is 12.5. The van der Waals surface area contributed by atoms with E-state index in [-0.39, 0.29) is 22.6 Å². The van der Waals surface area contributed by atoms with Gasteiger partial charge in [-0.25, -0.2) is 8.42 Å². The van der Waals surface area contributed by atoms with E-state index >= 15 is 0 Å². The molecule has 7 nitrogen and oxygen atoms in total. The Morgan fingerprint density at radius 1 is 0.931 bits per heavy atom. The zero-order valence-corrected chi connectivity index (χ0v) is 17.9. The zero-order chi connectivity index (χ0) is 21.6. The highest BCUT2D eigenvalue weighted by molar-refractivity contribution is 7.89. The van der Waals surface area contributed by atoms with Crippen LogP contribution in [0.15, 0.2) is 53.4 Å². The van der Waals surface area contributed by atoms with Crippen LogP contribution < -0.4 is 10.6 Å². The van der Waals surface area contributed by atoms with Gasteiger partial charge < -0.3 is 10.6 Å². The molecule has 0 unspecified atom stereocenters. The van der Waals surface area contributed by atoms with Gasteiger partial charge in [0.1, 0.15) is 0 Å². The predicted molar refractivity (Wildman–Crippen MR) is 114 cm³/mol. The lowest BCUT2D eigenvalue weighted by Crippen LogP contribution is -2.30. The van der Waals surface area contributed by atoms with Gasteiger partial charge in [-0.3, -0.25) is 9.59 Å². The number of rotatable bonds is 8. The van der Waals surface area contributed by atoms with Crippen LogP contribution in [0.4, 0.5) is 11.4 Å². The molecule has 0 heterocycles. The fourth-order valence-electron chi connectivity index (χ4n) is 2.65. The van der Waals surface area contributed by atoms with Gasteiger partial charge in [0, 0.05) is 35.9 Å². The summed E-state index contributed by atoms with van der Waals surface area (Å²) < 4.78 is 26.4. The first-order valence-electron chi connectivity index (χ1n) is 9.51. The van der Waals surface area contributed by atoms with Gasteiger partial charge in [-0.1, -0.05) is 33.8 Å². The second-order valence-corrected chi connectivity index (χ2v) is 8.73. The Morgan fingerprint density at radius 2 is 1.55 bits per heavy atom. The summed E-state index contributed by atoms with van der Waals surface area (Å²) in [5.41, 5.74) is 1.40. The third kappa shape index (κ3) is 5.65. The molecule has 0 saturated heterocycles. The Bertz CT molecular complexity index is 966. The molecule has 2 rings (SSSR count). The number of nitrogens with one attached hydrogen (secondary N) is 2. The van der Waals surface area contributed by atoms with Gasteiger partial charge in [0.25, 0.3) is 5.91 Å². The third-order valence-electron chi connectivity index (χ3n) is 4.37. The van der Waals surface area contributed by atoms with Gasteiger partial charge in [-0.15, -0.1) is 0 Å². The molecule has 2 aromatic rings. The average molecular weight is 418 g/mol. The van der Waals surface area contributed by atoms with Crippen LogP contribution in [0.5, 0.6) is 0 Å². The van der Waals surface area contributed by atoms with Crippen molar-refractivity contribution in [2.75, 3.05) is 23.7 Å². The van der Waals surface area contributed by atoms with Crippen LogP contribution in [-0.2, 0) is 14.8 Å². The van der Waals surface area contributed by atoms with Crippen molar-refractivity contribution in [2.24, 2.45) is 5.92 Å². The number of nitrogens with zero attached hydrogens (tertiary/aromatic N) is 1. The SMILES string of the molecule is CCN(CC)S(=O)(=O)c1ccc(NC(=O)c2cccc(NC(=O)C(C)C)c2)cc1. The van der Waals surface area contributed by atoms with E-state index in [1.54, 1.807) is 64.1 Å². The molecular weight excluding hydrogens is 390 g/mol. The lowest BCUT2D eigenvalue weighted by Gasteiger charge is -2.18. The summed E-state index contributed by atoms with van der Waals surface area (Å²) in [7, 11) is -3.54. The Hall–Kier alpha value is -2.71. The molecule has 29 heavy (non-hydrogen) atoms. The summed E-state index contributed by atoms with van der Waals surface area (Å²) in [5, 5.41) is 5.49. The van der Waals surface area contributed by atoms with E-state index in [0.717, 1.165) is 0 Å². The molecule has 2 aromatic carbocycles. The molecule has 8 heteroatoms. The van der Waals surface area contributed by atoms with E-state index in [2.05, 4.69) is 10.6 Å². The van der Waals surface area contributed by atoms with Crippen molar-refractivity contribution < 1.29 is 18.0 Å². The first kappa shape index (κ1) is 22.6. The summed E-state index contributed by atoms with van der Waals surface area (Å²) in [5.74, 6) is -0.656. The normalized spacial score (nSPS) is 11.5. The number of anilines is 2. The quantitative estimate of drug-likeness (QED) is 0.686. The van der Waals surface area contributed by atoms with Crippen LogP contribution in [0, 0.1) is 5.92 Å². The van der Waals surface area contributed by atoms with E-state index in [0.29, 0.717) is 30.0 Å². The third-order valence-corrected chi connectivity index (χ3v) is 6.44. The van der Waals surface area contributed by atoms with Crippen LogP contribution in [0.2, 0.25) is 0 Å². The summed E-state index contributed by atoms with van der Waals surface area (Å²) >= 11 is 0. The summed E-state index contributed by atoms with van der Waals surface area (Å²) in [6, 6.07) is 12.7. The minimum atomic E-state index is -3.54. The molecule has 0 aliphatic heterocycles. The van der Waals surface area contributed by atoms with E-state index in [1.807, 2.05) is 0 Å². The minimum Gasteiger partial charge on any atom is -0.326 e. The molecule has 0 spiro atoms. The van der Waals surface area contributed by atoms with Crippen molar-refractivity contribution in [2.45, 2.75) is 32.6 Å². The van der Waals surface area contributed by atoms with Crippen molar-refractivity contribution in [3.05, 3.63) is 54.1 Å². The maximum absolute atomic E-state index is 12.5. The number of hydrogen-bond acceptors (Lipinski definition) is 4. The van der Waals surface area contributed by atoms with Crippen molar-refractivity contribution in [1.82, 2.24) is 4.31 Å². The minimum absolute atomic E-state index is 0.132. The van der Waals surface area contributed by atoms with Crippen molar-refractivity contribution in [3.8, 4) is 0 Å². The van der Waals surface area contributed by atoms with Gasteiger partial charge in [0.15, 0.2) is 0 Å². The summed E-state index contributed by atoms with van der Waals surface area (Å²) in [6.45, 7) is 7.93. The lowest BCUT2D eigenvalue weighted by molar-refractivity contribution is -0.118. The Labute approximate surface area is 172 Å². The van der Waals surface area contributed by atoms with Crippen LogP contribution in [0.3, 0.4) is 0 Å². The monoisotopic (exact) mass is 417 g/mol. The lowest BCUT2D eigenvalue weighted by atomic mass is 10.1. The second kappa shape index (κ2) is 9.67. The molecule has 0 fully saturated rings. The number of sulfonamides is 1. The molecule has 2 amide bonds. The molecule has 0 saturated carbocycles. The predicted octanol–water partition coefficient (Wildman–Crippen LogP) is 3.56. The van der Waals surface area contributed by atoms with Crippen LogP contribution in [-0.4, -0.2) is 37.6 Å². The van der Waals surface area contributed by atoms with Crippen molar-refractivity contribution >= 4 is 33.2 Å². The Morgan fingerprint density at radius 3 is 2.10 bits per heavy atom. The van der Waals surface area contributed by atoms with E-state index < -0.39 is 10.0 Å². The summed E-state index contributed by atoms with van der Waals surface area (Å²) in [6.07, 6.45) is 0. The highest BCUT2D eigenvalue weighted by Gasteiger charge is 2.21. The van der Waals surface area contributed by atoms with Crippen LogP contribution in [0.1, 0.15) is 38.1 Å². The Balaban J connectivity index is 2.13. The molecule has 0 radical (unpaired) electrons. The van der Waals surface area contributed by atoms with Gasteiger partial charge in [-0.2, -0.15) is 4.31 Å². The van der Waals surface area contributed by atoms with E-state index in [4.69, 9.17) is 0 Å². The fraction of sp³-hybridized carbons (Fsp3) is 0.333. The van der Waals surface area contributed by atoms with E-state index in [1.165, 1.54) is 16.4 Å². The highest BCUT2D eigenvalue weighted by atomic mass is 32.2. The first-order valence-corrected chi connectivity index (χ1v) is 11.0. The smallest absolute Gasteiger partial charge is 0.255 e. The topological polar surface area (TPSA) is 95.6 Å².